The molecule has 1 aliphatic rings. The minimum absolute atomic E-state index is 0.0381. The first-order chi connectivity index (χ1) is 7.15. The topological polar surface area (TPSA) is 41.5 Å². The molecule has 0 bridgehead atoms. The van der Waals surface area contributed by atoms with Gasteiger partial charge in [0.25, 0.3) is 0 Å². The van der Waals surface area contributed by atoms with Crippen molar-refractivity contribution in [3.63, 3.8) is 0 Å². The van der Waals surface area contributed by atoms with Crippen molar-refractivity contribution in [2.24, 2.45) is 4.99 Å². The Morgan fingerprint density at radius 1 is 1.40 bits per heavy atom. The van der Waals surface area contributed by atoms with Crippen LogP contribution in [-0.2, 0) is 4.79 Å². The average Bonchev–Trinajstić information content (AvgIpc) is 2.56. The third-order valence-corrected chi connectivity index (χ3v) is 3.13. The van der Waals surface area contributed by atoms with E-state index in [1.807, 2.05) is 0 Å². The second kappa shape index (κ2) is 4.43. The van der Waals surface area contributed by atoms with Crippen molar-refractivity contribution in [3.05, 3.63) is 28.2 Å². The molecule has 1 saturated heterocycles. The molecule has 6 heteroatoms. The van der Waals surface area contributed by atoms with Gasteiger partial charge in [0.15, 0.2) is 5.17 Å². The Morgan fingerprint density at radius 3 is 2.80 bits per heavy atom. The molecule has 1 heterocycles. The minimum Gasteiger partial charge on any atom is -0.304 e. The summed E-state index contributed by atoms with van der Waals surface area (Å²) < 4.78 is 0. The van der Waals surface area contributed by atoms with E-state index in [1.165, 1.54) is 11.8 Å². The zero-order chi connectivity index (χ0) is 10.8. The van der Waals surface area contributed by atoms with Gasteiger partial charge in [-0.05, 0) is 18.2 Å². The molecule has 78 valence electrons. The van der Waals surface area contributed by atoms with Crippen molar-refractivity contribution in [2.45, 2.75) is 0 Å². The molecule has 3 nitrogen and oxygen atoms in total. The number of nitrogens with zero attached hydrogens (tertiary/aromatic N) is 1. The lowest BCUT2D eigenvalue weighted by Gasteiger charge is -2.00. The molecule has 0 saturated carbocycles. The predicted molar refractivity (Wildman–Crippen MR) is 64.2 cm³/mol. The summed E-state index contributed by atoms with van der Waals surface area (Å²) in [5, 5.41) is 4.23. The lowest BCUT2D eigenvalue weighted by molar-refractivity contribution is -0.116. The SMILES string of the molecule is O=C1CS/C(=N\c2ccc(Cl)cc2Cl)N1. The highest BCUT2D eigenvalue weighted by atomic mass is 35.5. The molecule has 1 aliphatic heterocycles. The van der Waals surface area contributed by atoms with Crippen molar-refractivity contribution in [2.75, 3.05) is 5.75 Å². The van der Waals surface area contributed by atoms with Crippen molar-refractivity contribution in [1.29, 1.82) is 0 Å². The van der Waals surface area contributed by atoms with Crippen LogP contribution in [0.5, 0.6) is 0 Å². The number of carbonyl (C=O) groups is 1. The molecule has 0 aliphatic carbocycles. The largest absolute Gasteiger partial charge is 0.304 e. The van der Waals surface area contributed by atoms with Gasteiger partial charge in [0.05, 0.1) is 16.5 Å². The highest BCUT2D eigenvalue weighted by Crippen LogP contribution is 2.29. The summed E-state index contributed by atoms with van der Waals surface area (Å²) in [6, 6.07) is 5.03. The maximum Gasteiger partial charge on any atom is 0.236 e. The third kappa shape index (κ3) is 2.65. The molecule has 1 aromatic carbocycles. The molecule has 1 amide bonds. The molecule has 0 atom stereocenters. The fraction of sp³-hybridized carbons (Fsp3) is 0.111. The van der Waals surface area contributed by atoms with E-state index in [1.54, 1.807) is 18.2 Å². The molecule has 1 N–H and O–H groups in total. The van der Waals surface area contributed by atoms with E-state index in [9.17, 15) is 4.79 Å². The van der Waals surface area contributed by atoms with E-state index >= 15 is 0 Å². The highest BCUT2D eigenvalue weighted by Gasteiger charge is 2.16. The van der Waals surface area contributed by atoms with Crippen molar-refractivity contribution in [3.8, 4) is 0 Å². The van der Waals surface area contributed by atoms with E-state index in [0.717, 1.165) is 0 Å². The first-order valence-corrected chi connectivity index (χ1v) is 5.86. The number of aliphatic imine (C=N–C) groups is 1. The standard InChI is InChI=1S/C9H6Cl2N2OS/c10-5-1-2-7(6(11)3-5)12-9-13-8(14)4-15-9/h1-3H,4H2,(H,12,13,14). The smallest absolute Gasteiger partial charge is 0.236 e. The normalized spacial score (nSPS) is 18.3. The molecule has 15 heavy (non-hydrogen) atoms. The second-order valence-corrected chi connectivity index (χ2v) is 4.66. The van der Waals surface area contributed by atoms with Crippen LogP contribution in [0.25, 0.3) is 0 Å². The van der Waals surface area contributed by atoms with Crippen LogP contribution in [0.15, 0.2) is 23.2 Å². The van der Waals surface area contributed by atoms with Gasteiger partial charge in [0.1, 0.15) is 0 Å². The lowest BCUT2D eigenvalue weighted by Crippen LogP contribution is -2.19. The van der Waals surface area contributed by atoms with Crippen LogP contribution in [0.3, 0.4) is 0 Å². The fourth-order valence-electron chi connectivity index (χ4n) is 1.07. The maximum absolute atomic E-state index is 10.9. The Hall–Kier alpha value is -0.710. The third-order valence-electron chi connectivity index (χ3n) is 1.72. The number of nitrogens with one attached hydrogen (secondary N) is 1. The van der Waals surface area contributed by atoms with Crippen LogP contribution in [0, 0.1) is 0 Å². The van der Waals surface area contributed by atoms with E-state index < -0.39 is 0 Å². The van der Waals surface area contributed by atoms with Gasteiger partial charge in [0, 0.05) is 5.02 Å². The number of thioether (sulfide) groups is 1. The van der Waals surface area contributed by atoms with E-state index in [0.29, 0.717) is 26.7 Å². The lowest BCUT2D eigenvalue weighted by atomic mass is 10.3. The van der Waals surface area contributed by atoms with Gasteiger partial charge in [-0.3, -0.25) is 4.79 Å². The number of amidine groups is 1. The van der Waals surface area contributed by atoms with Crippen molar-refractivity contribution in [1.82, 2.24) is 5.32 Å². The summed E-state index contributed by atoms with van der Waals surface area (Å²) in [6.07, 6.45) is 0. The monoisotopic (exact) mass is 260 g/mol. The van der Waals surface area contributed by atoms with Gasteiger partial charge in [-0.2, -0.15) is 0 Å². The first-order valence-electron chi connectivity index (χ1n) is 4.11. The van der Waals surface area contributed by atoms with Crippen molar-refractivity contribution >= 4 is 51.7 Å². The second-order valence-electron chi connectivity index (χ2n) is 2.85. The molecular weight excluding hydrogens is 255 g/mol. The number of rotatable bonds is 1. The van der Waals surface area contributed by atoms with Gasteiger partial charge in [-0.15, -0.1) is 0 Å². The Bertz CT molecular complexity index is 448. The van der Waals surface area contributed by atoms with Gasteiger partial charge in [-0.25, -0.2) is 4.99 Å². The van der Waals surface area contributed by atoms with Gasteiger partial charge >= 0.3 is 0 Å². The number of hydrogen-bond acceptors (Lipinski definition) is 3. The maximum atomic E-state index is 10.9. The Kier molecular flexibility index (Phi) is 3.19. The van der Waals surface area contributed by atoms with E-state index in [-0.39, 0.29) is 5.91 Å². The number of halogens is 2. The van der Waals surface area contributed by atoms with Gasteiger partial charge in [0.2, 0.25) is 5.91 Å². The van der Waals surface area contributed by atoms with Crippen LogP contribution < -0.4 is 5.32 Å². The Balaban J connectivity index is 2.27. The summed E-state index contributed by atoms with van der Waals surface area (Å²) in [5.41, 5.74) is 0.603. The Labute approximate surface area is 101 Å². The number of carbonyl (C=O) groups excluding carboxylic acids is 1. The first kappa shape index (κ1) is 10.8. The molecule has 2 rings (SSSR count). The number of hydrogen-bond donors (Lipinski definition) is 1. The Morgan fingerprint density at radius 2 is 2.20 bits per heavy atom. The van der Waals surface area contributed by atoms with Crippen LogP contribution in [-0.4, -0.2) is 16.8 Å². The van der Waals surface area contributed by atoms with Gasteiger partial charge in [-0.1, -0.05) is 35.0 Å². The van der Waals surface area contributed by atoms with Crippen molar-refractivity contribution < 1.29 is 4.79 Å². The zero-order valence-corrected chi connectivity index (χ0v) is 9.79. The van der Waals surface area contributed by atoms with Crippen LogP contribution >= 0.6 is 35.0 Å². The molecule has 0 unspecified atom stereocenters. The van der Waals surface area contributed by atoms with E-state index in [2.05, 4.69) is 10.3 Å². The molecule has 1 aromatic rings. The molecule has 0 aromatic heterocycles. The predicted octanol–water partition coefficient (Wildman–Crippen LogP) is 2.84. The summed E-state index contributed by atoms with van der Waals surface area (Å²) >= 11 is 13.0. The molecule has 0 radical (unpaired) electrons. The van der Waals surface area contributed by atoms with E-state index in [4.69, 9.17) is 23.2 Å². The molecule has 1 fully saturated rings. The van der Waals surface area contributed by atoms with Crippen LogP contribution in [0.4, 0.5) is 5.69 Å². The zero-order valence-electron chi connectivity index (χ0n) is 7.46. The molecule has 0 spiro atoms. The summed E-state index contributed by atoms with van der Waals surface area (Å²) in [7, 11) is 0. The highest BCUT2D eigenvalue weighted by molar-refractivity contribution is 8.15. The number of benzene rings is 1. The van der Waals surface area contributed by atoms with Crippen LogP contribution in [0.2, 0.25) is 10.0 Å². The minimum atomic E-state index is -0.0381. The number of amides is 1. The summed E-state index contributed by atoms with van der Waals surface area (Å²) in [4.78, 5) is 15.1. The summed E-state index contributed by atoms with van der Waals surface area (Å²) in [6.45, 7) is 0. The molecular formula is C9H6Cl2N2OS. The average molecular weight is 261 g/mol. The fourth-order valence-corrected chi connectivity index (χ4v) is 2.21. The van der Waals surface area contributed by atoms with Crippen LogP contribution in [0.1, 0.15) is 0 Å². The quantitative estimate of drug-likeness (QED) is 0.844. The van der Waals surface area contributed by atoms with Gasteiger partial charge < -0.3 is 5.32 Å². The summed E-state index contributed by atoms with van der Waals surface area (Å²) in [5.74, 6) is 0.369.